The standard InChI is InChI=1S/C30H34FN3O7S/c1-19-14-34(20(2)17-35)30(36)25-13-23(32-42(37,38)24-8-5-22(31)6-9-24)7-11-26(25)41-29(19)16-33(3)15-21-4-10-27-28(12-21)40-18-39-27/h4-13,19-20,29,32,35H,14-18H2,1-3H3/t19-,20+,29+/m1/s1. The van der Waals surface area contributed by atoms with E-state index < -0.39 is 21.9 Å². The third-order valence-corrected chi connectivity index (χ3v) is 8.82. The fourth-order valence-electron chi connectivity index (χ4n) is 5.05. The molecule has 224 valence electrons. The highest BCUT2D eigenvalue weighted by Crippen LogP contribution is 2.34. The summed E-state index contributed by atoms with van der Waals surface area (Å²) >= 11 is 0. The molecule has 2 N–H and O–H groups in total. The molecule has 0 fully saturated rings. The van der Waals surface area contributed by atoms with Crippen LogP contribution in [0.4, 0.5) is 10.1 Å². The molecule has 2 aliphatic heterocycles. The maximum atomic E-state index is 13.7. The molecule has 12 heteroatoms. The molecule has 2 aliphatic rings. The predicted octanol–water partition coefficient (Wildman–Crippen LogP) is 3.71. The Kier molecular flexibility index (Phi) is 8.58. The first kappa shape index (κ1) is 29.6. The van der Waals surface area contributed by atoms with Gasteiger partial charge in [0.1, 0.15) is 17.7 Å². The number of carbonyl (C=O) groups excluding carboxylic acids is 1. The Labute approximate surface area is 244 Å². The first-order valence-electron chi connectivity index (χ1n) is 13.6. The fraction of sp³-hybridized carbons (Fsp3) is 0.367. The molecule has 0 radical (unpaired) electrons. The van der Waals surface area contributed by atoms with Crippen molar-refractivity contribution in [1.29, 1.82) is 0 Å². The zero-order valence-corrected chi connectivity index (χ0v) is 24.4. The van der Waals surface area contributed by atoms with Crippen LogP contribution in [0.25, 0.3) is 0 Å². The summed E-state index contributed by atoms with van der Waals surface area (Å²) in [5, 5.41) is 9.93. The fourth-order valence-corrected chi connectivity index (χ4v) is 6.10. The molecule has 5 rings (SSSR count). The minimum Gasteiger partial charge on any atom is -0.488 e. The zero-order valence-electron chi connectivity index (χ0n) is 23.6. The average molecular weight is 600 g/mol. The van der Waals surface area contributed by atoms with E-state index in [4.69, 9.17) is 14.2 Å². The number of nitrogens with one attached hydrogen (secondary N) is 1. The van der Waals surface area contributed by atoms with E-state index in [2.05, 4.69) is 9.62 Å². The van der Waals surface area contributed by atoms with Crippen molar-refractivity contribution < 1.29 is 36.9 Å². The van der Waals surface area contributed by atoms with Crippen molar-refractivity contribution in [3.05, 3.63) is 77.6 Å². The van der Waals surface area contributed by atoms with Crippen LogP contribution in [0.15, 0.2) is 65.6 Å². The van der Waals surface area contributed by atoms with Gasteiger partial charge >= 0.3 is 0 Å². The monoisotopic (exact) mass is 599 g/mol. The molecular weight excluding hydrogens is 565 g/mol. The molecule has 3 atom stereocenters. The molecule has 0 spiro atoms. The van der Waals surface area contributed by atoms with E-state index in [1.165, 1.54) is 12.1 Å². The Morgan fingerprint density at radius 2 is 1.79 bits per heavy atom. The van der Waals surface area contributed by atoms with Gasteiger partial charge in [-0.15, -0.1) is 0 Å². The number of hydrogen-bond donors (Lipinski definition) is 2. The van der Waals surface area contributed by atoms with E-state index in [1.807, 2.05) is 32.2 Å². The highest BCUT2D eigenvalue weighted by molar-refractivity contribution is 7.92. The third kappa shape index (κ3) is 6.45. The van der Waals surface area contributed by atoms with Gasteiger partial charge in [0.05, 0.1) is 23.1 Å². The normalized spacial score (nSPS) is 19.1. The number of rotatable bonds is 9. The number of sulfonamides is 1. The SMILES string of the molecule is C[C@@H]1CN([C@@H](C)CO)C(=O)c2cc(NS(=O)(=O)c3ccc(F)cc3)ccc2O[C@H]1CN(C)Cc1ccc2c(c1)OCO2. The van der Waals surface area contributed by atoms with E-state index in [0.29, 0.717) is 31.1 Å². The zero-order chi connectivity index (χ0) is 30.0. The second-order valence-electron chi connectivity index (χ2n) is 10.8. The number of aliphatic hydroxyl groups excluding tert-OH is 1. The van der Waals surface area contributed by atoms with Crippen LogP contribution in [0.3, 0.4) is 0 Å². The summed E-state index contributed by atoms with van der Waals surface area (Å²) in [5.74, 6) is 0.718. The second-order valence-corrected chi connectivity index (χ2v) is 12.5. The number of hydrogen-bond acceptors (Lipinski definition) is 8. The first-order valence-corrected chi connectivity index (χ1v) is 15.1. The molecule has 0 bridgehead atoms. The van der Waals surface area contributed by atoms with E-state index in [9.17, 15) is 22.7 Å². The van der Waals surface area contributed by atoms with Crippen LogP contribution >= 0.6 is 0 Å². The quantitative estimate of drug-likeness (QED) is 0.383. The molecule has 0 unspecified atom stereocenters. The Morgan fingerprint density at radius 1 is 1.07 bits per heavy atom. The van der Waals surface area contributed by atoms with Gasteiger partial charge in [0.25, 0.3) is 15.9 Å². The molecule has 0 aliphatic carbocycles. The van der Waals surface area contributed by atoms with E-state index in [0.717, 1.165) is 35.6 Å². The highest BCUT2D eigenvalue weighted by atomic mass is 32.2. The van der Waals surface area contributed by atoms with Crippen molar-refractivity contribution in [1.82, 2.24) is 9.80 Å². The van der Waals surface area contributed by atoms with Gasteiger partial charge in [0, 0.05) is 31.2 Å². The Morgan fingerprint density at radius 3 is 2.52 bits per heavy atom. The smallest absolute Gasteiger partial charge is 0.261 e. The number of ether oxygens (including phenoxy) is 3. The van der Waals surface area contributed by atoms with Crippen molar-refractivity contribution in [3.63, 3.8) is 0 Å². The summed E-state index contributed by atoms with van der Waals surface area (Å²) in [6.07, 6.45) is -0.328. The molecule has 0 saturated heterocycles. The summed E-state index contributed by atoms with van der Waals surface area (Å²) in [5.41, 5.74) is 1.37. The van der Waals surface area contributed by atoms with E-state index >= 15 is 0 Å². The number of benzene rings is 3. The number of halogens is 1. The van der Waals surface area contributed by atoms with Gasteiger partial charge in [-0.1, -0.05) is 13.0 Å². The summed E-state index contributed by atoms with van der Waals surface area (Å²) < 4.78 is 59.0. The Bertz CT molecular complexity index is 1550. The molecule has 3 aromatic rings. The average Bonchev–Trinajstić information content (AvgIpc) is 3.43. The van der Waals surface area contributed by atoms with Crippen molar-refractivity contribution in [2.24, 2.45) is 5.92 Å². The van der Waals surface area contributed by atoms with Gasteiger partial charge in [-0.25, -0.2) is 12.8 Å². The van der Waals surface area contributed by atoms with Gasteiger partial charge in [0.2, 0.25) is 6.79 Å². The molecule has 3 aromatic carbocycles. The number of nitrogens with zero attached hydrogens (tertiary/aromatic N) is 2. The molecule has 10 nitrogen and oxygen atoms in total. The maximum Gasteiger partial charge on any atom is 0.261 e. The van der Waals surface area contributed by atoms with Gasteiger partial charge in [-0.3, -0.25) is 14.4 Å². The Balaban J connectivity index is 1.40. The van der Waals surface area contributed by atoms with Gasteiger partial charge in [-0.2, -0.15) is 0 Å². The van der Waals surface area contributed by atoms with Crippen LogP contribution in [0.1, 0.15) is 29.8 Å². The Hall–Kier alpha value is -3.87. The molecule has 1 amide bonds. The van der Waals surface area contributed by atoms with Crippen LogP contribution in [-0.4, -0.2) is 74.9 Å². The lowest BCUT2D eigenvalue weighted by Crippen LogP contribution is -2.49. The third-order valence-electron chi connectivity index (χ3n) is 7.42. The molecular formula is C30H34FN3O7S. The summed E-state index contributed by atoms with van der Waals surface area (Å²) in [6, 6.07) is 14.3. The van der Waals surface area contributed by atoms with Gasteiger partial charge in [-0.05, 0) is 74.1 Å². The summed E-state index contributed by atoms with van der Waals surface area (Å²) in [7, 11) is -2.06. The van der Waals surface area contributed by atoms with Crippen molar-refractivity contribution in [2.45, 2.75) is 37.4 Å². The number of amides is 1. The lowest BCUT2D eigenvalue weighted by atomic mass is 9.99. The number of fused-ring (bicyclic) bond motifs is 2. The van der Waals surface area contributed by atoms with Crippen LogP contribution in [0.5, 0.6) is 17.2 Å². The number of carbonyl (C=O) groups is 1. The topological polar surface area (TPSA) is 118 Å². The van der Waals surface area contributed by atoms with Gasteiger partial charge < -0.3 is 24.2 Å². The van der Waals surface area contributed by atoms with Crippen molar-refractivity contribution in [3.8, 4) is 17.2 Å². The van der Waals surface area contributed by atoms with Crippen LogP contribution in [0, 0.1) is 11.7 Å². The van der Waals surface area contributed by atoms with Crippen molar-refractivity contribution in [2.75, 3.05) is 38.3 Å². The van der Waals surface area contributed by atoms with E-state index in [1.54, 1.807) is 17.9 Å². The van der Waals surface area contributed by atoms with Crippen LogP contribution < -0.4 is 18.9 Å². The summed E-state index contributed by atoms with van der Waals surface area (Å²) in [6.45, 7) is 5.21. The van der Waals surface area contributed by atoms with Crippen LogP contribution in [-0.2, 0) is 16.6 Å². The minimum atomic E-state index is -4.04. The first-order chi connectivity index (χ1) is 20.0. The second kappa shape index (κ2) is 12.2. The number of anilines is 1. The number of likely N-dealkylation sites (N-methyl/N-ethyl adjacent to an activating group) is 1. The largest absolute Gasteiger partial charge is 0.488 e. The lowest BCUT2D eigenvalue weighted by molar-refractivity contribution is 0.0341. The molecule has 42 heavy (non-hydrogen) atoms. The predicted molar refractivity (Wildman–Crippen MR) is 154 cm³/mol. The summed E-state index contributed by atoms with van der Waals surface area (Å²) in [4.78, 5) is 17.3. The maximum absolute atomic E-state index is 13.7. The van der Waals surface area contributed by atoms with Crippen LogP contribution in [0.2, 0.25) is 0 Å². The number of aliphatic hydroxyl groups is 1. The highest BCUT2D eigenvalue weighted by Gasteiger charge is 2.34. The molecule has 2 heterocycles. The van der Waals surface area contributed by atoms with E-state index in [-0.39, 0.29) is 47.5 Å². The minimum absolute atomic E-state index is 0.0908. The van der Waals surface area contributed by atoms with Crippen molar-refractivity contribution >= 4 is 21.6 Å². The van der Waals surface area contributed by atoms with Gasteiger partial charge in [0.15, 0.2) is 11.5 Å². The lowest BCUT2D eigenvalue weighted by Gasteiger charge is -2.38. The molecule has 0 saturated carbocycles. The molecule has 0 aromatic heterocycles.